The highest BCUT2D eigenvalue weighted by Crippen LogP contribution is 2.19. The Balaban J connectivity index is 1.69. The molecule has 0 saturated heterocycles. The summed E-state index contributed by atoms with van der Waals surface area (Å²) in [5, 5.41) is 2.82. The van der Waals surface area contributed by atoms with Gasteiger partial charge < -0.3 is 10.2 Å². The minimum atomic E-state index is -3.86. The number of carbonyl (C=O) groups excluding carboxylic acids is 2. The number of hydrogen-bond acceptors (Lipinski definition) is 4. The van der Waals surface area contributed by atoms with Crippen LogP contribution in [0.2, 0.25) is 0 Å². The molecule has 3 aromatic rings. The van der Waals surface area contributed by atoms with E-state index in [0.717, 1.165) is 16.7 Å². The van der Waals surface area contributed by atoms with E-state index < -0.39 is 22.0 Å². The van der Waals surface area contributed by atoms with Crippen molar-refractivity contribution in [3.8, 4) is 0 Å². The number of aryl methyl sites for hydroxylation is 1. The molecule has 0 aliphatic carbocycles. The van der Waals surface area contributed by atoms with Crippen LogP contribution in [0.1, 0.15) is 40.0 Å². The van der Waals surface area contributed by atoms with Crippen LogP contribution in [0.25, 0.3) is 0 Å². The second kappa shape index (κ2) is 10.6. The van der Waals surface area contributed by atoms with Gasteiger partial charge in [-0.05, 0) is 61.7 Å². The van der Waals surface area contributed by atoms with Crippen LogP contribution in [0, 0.1) is 13.8 Å². The van der Waals surface area contributed by atoms with Gasteiger partial charge in [-0.1, -0.05) is 48.5 Å². The van der Waals surface area contributed by atoms with E-state index in [4.69, 9.17) is 0 Å². The molecule has 3 aromatic carbocycles. The number of nitrogens with zero attached hydrogens (tertiary/aromatic N) is 1. The van der Waals surface area contributed by atoms with E-state index in [0.29, 0.717) is 5.69 Å². The zero-order valence-corrected chi connectivity index (χ0v) is 20.5. The van der Waals surface area contributed by atoms with E-state index in [1.165, 1.54) is 36.2 Å². The Kier molecular flexibility index (Phi) is 7.86. The van der Waals surface area contributed by atoms with Crippen molar-refractivity contribution in [2.24, 2.45) is 0 Å². The van der Waals surface area contributed by atoms with Gasteiger partial charge in [-0.15, -0.1) is 0 Å². The first-order valence-corrected chi connectivity index (χ1v) is 12.4. The van der Waals surface area contributed by atoms with Gasteiger partial charge >= 0.3 is 0 Å². The molecule has 34 heavy (non-hydrogen) atoms. The summed E-state index contributed by atoms with van der Waals surface area (Å²) in [7, 11) is -2.36. The van der Waals surface area contributed by atoms with Gasteiger partial charge in [-0.25, -0.2) is 13.1 Å². The zero-order valence-electron chi connectivity index (χ0n) is 19.7. The molecule has 0 bridgehead atoms. The third kappa shape index (κ3) is 6.09. The summed E-state index contributed by atoms with van der Waals surface area (Å²) >= 11 is 0. The van der Waals surface area contributed by atoms with Crippen molar-refractivity contribution in [2.45, 2.75) is 31.7 Å². The van der Waals surface area contributed by atoms with Gasteiger partial charge in [-0.2, -0.15) is 0 Å². The van der Waals surface area contributed by atoms with Crippen LogP contribution >= 0.6 is 0 Å². The van der Waals surface area contributed by atoms with Gasteiger partial charge in [0, 0.05) is 24.3 Å². The van der Waals surface area contributed by atoms with E-state index >= 15 is 0 Å². The van der Waals surface area contributed by atoms with Crippen LogP contribution in [0.5, 0.6) is 0 Å². The van der Waals surface area contributed by atoms with Gasteiger partial charge in [0.1, 0.15) is 0 Å². The molecule has 0 spiro atoms. The molecule has 0 aliphatic heterocycles. The number of benzene rings is 3. The molecule has 3 rings (SSSR count). The smallest absolute Gasteiger partial charge is 0.254 e. The largest absolute Gasteiger partial charge is 0.332 e. The number of anilines is 1. The maximum atomic E-state index is 12.9. The van der Waals surface area contributed by atoms with Crippen LogP contribution in [0.3, 0.4) is 0 Å². The molecule has 0 aliphatic rings. The maximum absolute atomic E-state index is 12.9. The molecule has 0 aromatic heterocycles. The van der Waals surface area contributed by atoms with Crippen LogP contribution < -0.4 is 10.0 Å². The Labute approximate surface area is 200 Å². The molecule has 0 heterocycles. The lowest BCUT2D eigenvalue weighted by Gasteiger charge is -2.19. The highest BCUT2D eigenvalue weighted by molar-refractivity contribution is 7.89. The fourth-order valence-electron chi connectivity index (χ4n) is 3.49. The van der Waals surface area contributed by atoms with Crippen LogP contribution in [0.4, 0.5) is 5.69 Å². The molecular weight excluding hydrogens is 450 g/mol. The molecule has 0 radical (unpaired) electrons. The van der Waals surface area contributed by atoms with E-state index in [9.17, 15) is 18.0 Å². The molecule has 8 heteroatoms. The van der Waals surface area contributed by atoms with Crippen LogP contribution in [-0.4, -0.2) is 38.7 Å². The third-order valence-corrected chi connectivity index (χ3v) is 7.17. The fourth-order valence-corrected chi connectivity index (χ4v) is 4.77. The molecule has 0 saturated carbocycles. The lowest BCUT2D eigenvalue weighted by Crippen LogP contribution is -2.35. The minimum absolute atomic E-state index is 0.0191. The molecule has 7 nitrogen and oxygen atoms in total. The number of rotatable bonds is 8. The third-order valence-electron chi connectivity index (χ3n) is 5.63. The summed E-state index contributed by atoms with van der Waals surface area (Å²) in [4.78, 5) is 26.6. The SMILES string of the molecule is Cc1cccc(NC(=O)CN(C)C(=O)c2cccc(S(=O)(=O)N[C@H](C)c3ccccc3)c2)c1C. The van der Waals surface area contributed by atoms with E-state index in [1.54, 1.807) is 13.0 Å². The minimum Gasteiger partial charge on any atom is -0.332 e. The van der Waals surface area contributed by atoms with Gasteiger partial charge in [-0.3, -0.25) is 9.59 Å². The monoisotopic (exact) mass is 479 g/mol. The Hall–Kier alpha value is -3.49. The summed E-state index contributed by atoms with van der Waals surface area (Å²) in [6, 6.07) is 20.2. The standard InChI is InChI=1S/C26H29N3O4S/c1-18-10-8-15-24(19(18)2)27-25(30)17-29(4)26(31)22-13-9-14-23(16-22)34(32,33)28-20(3)21-11-6-5-7-12-21/h5-16,20,28H,17H2,1-4H3,(H,27,30)/t20-/m1/s1. The number of sulfonamides is 1. The molecule has 178 valence electrons. The van der Waals surface area contributed by atoms with Crippen molar-refractivity contribution in [3.05, 3.63) is 95.1 Å². The summed E-state index contributed by atoms with van der Waals surface area (Å²) in [6.07, 6.45) is 0. The first-order chi connectivity index (χ1) is 16.1. The molecule has 0 fully saturated rings. The Morgan fingerprint density at radius 2 is 1.62 bits per heavy atom. The predicted molar refractivity (Wildman–Crippen MR) is 133 cm³/mol. The summed E-state index contributed by atoms with van der Waals surface area (Å²) < 4.78 is 28.4. The van der Waals surface area contributed by atoms with Gasteiger partial charge in [0.25, 0.3) is 5.91 Å². The van der Waals surface area contributed by atoms with Crippen molar-refractivity contribution in [1.29, 1.82) is 0 Å². The molecule has 2 amide bonds. The number of likely N-dealkylation sites (N-methyl/N-ethyl adjacent to an activating group) is 1. The number of hydrogen-bond donors (Lipinski definition) is 2. The Bertz CT molecular complexity index is 1290. The van der Waals surface area contributed by atoms with E-state index in [1.807, 2.05) is 56.3 Å². The highest BCUT2D eigenvalue weighted by atomic mass is 32.2. The fraction of sp³-hybridized carbons (Fsp3) is 0.231. The van der Waals surface area contributed by atoms with Crippen molar-refractivity contribution in [2.75, 3.05) is 18.9 Å². The summed E-state index contributed by atoms with van der Waals surface area (Å²) in [5.74, 6) is -0.795. The van der Waals surface area contributed by atoms with Gasteiger partial charge in [0.2, 0.25) is 15.9 Å². The van der Waals surface area contributed by atoms with Crippen LogP contribution in [0.15, 0.2) is 77.7 Å². The van der Waals surface area contributed by atoms with Crippen molar-refractivity contribution >= 4 is 27.5 Å². The first kappa shape index (κ1) is 25.1. The lowest BCUT2D eigenvalue weighted by molar-refractivity contribution is -0.116. The molecular formula is C26H29N3O4S. The van der Waals surface area contributed by atoms with Gasteiger partial charge in [0.15, 0.2) is 0 Å². The molecule has 1 atom stereocenters. The van der Waals surface area contributed by atoms with Crippen molar-refractivity contribution in [3.63, 3.8) is 0 Å². The number of carbonyl (C=O) groups is 2. The van der Waals surface area contributed by atoms with Gasteiger partial charge in [0.05, 0.1) is 11.4 Å². The lowest BCUT2D eigenvalue weighted by atomic mass is 10.1. The highest BCUT2D eigenvalue weighted by Gasteiger charge is 2.21. The zero-order chi connectivity index (χ0) is 24.9. The topological polar surface area (TPSA) is 95.6 Å². The van der Waals surface area contributed by atoms with Crippen molar-refractivity contribution < 1.29 is 18.0 Å². The average Bonchev–Trinajstić information content (AvgIpc) is 2.82. The van der Waals surface area contributed by atoms with E-state index in [2.05, 4.69) is 10.0 Å². The Morgan fingerprint density at radius 3 is 2.32 bits per heavy atom. The first-order valence-electron chi connectivity index (χ1n) is 10.9. The van der Waals surface area contributed by atoms with Crippen molar-refractivity contribution in [1.82, 2.24) is 9.62 Å². The normalized spacial score (nSPS) is 12.1. The second-order valence-corrected chi connectivity index (χ2v) is 9.95. The Morgan fingerprint density at radius 1 is 0.941 bits per heavy atom. The van der Waals surface area contributed by atoms with Crippen LogP contribution in [-0.2, 0) is 14.8 Å². The quantitative estimate of drug-likeness (QED) is 0.509. The summed E-state index contributed by atoms with van der Waals surface area (Å²) in [5.41, 5.74) is 3.71. The second-order valence-electron chi connectivity index (χ2n) is 8.24. The predicted octanol–water partition coefficient (Wildman–Crippen LogP) is 4.05. The maximum Gasteiger partial charge on any atom is 0.254 e. The molecule has 0 unspecified atom stereocenters. The number of nitrogens with one attached hydrogen (secondary N) is 2. The number of amides is 2. The average molecular weight is 480 g/mol. The molecule has 2 N–H and O–H groups in total. The summed E-state index contributed by atoms with van der Waals surface area (Å²) in [6.45, 7) is 5.45. The van der Waals surface area contributed by atoms with E-state index in [-0.39, 0.29) is 22.9 Å².